The van der Waals surface area contributed by atoms with Gasteiger partial charge in [0.25, 0.3) is 0 Å². The highest BCUT2D eigenvalue weighted by molar-refractivity contribution is 6.93. The fourth-order valence-electron chi connectivity index (χ4n) is 12.4. The highest BCUT2D eigenvalue weighted by atomic mass is 28.5. The van der Waals surface area contributed by atoms with Crippen molar-refractivity contribution >= 4 is 34.2 Å². The Bertz CT molecular complexity index is 1160. The van der Waals surface area contributed by atoms with E-state index < -0.39 is 34.2 Å². The largest absolute Gasteiger partial charge is 0.416 e. The van der Waals surface area contributed by atoms with E-state index in [1.54, 1.807) is 0 Å². The first-order chi connectivity index (χ1) is 20.9. The minimum absolute atomic E-state index is 0.191. The molecule has 5 aliphatic heterocycles. The second kappa shape index (κ2) is 10.3. The molecule has 5 saturated carbocycles. The molecule has 5 saturated heterocycles. The predicted molar refractivity (Wildman–Crippen MR) is 177 cm³/mol. The van der Waals surface area contributed by atoms with E-state index in [4.69, 9.17) is 30.7 Å². The van der Waals surface area contributed by atoms with Crippen LogP contribution in [0.5, 0.6) is 0 Å². The van der Waals surface area contributed by atoms with Gasteiger partial charge in [0.2, 0.25) is 0 Å². The summed E-state index contributed by atoms with van der Waals surface area (Å²) in [7, 11) is -10.2. The minimum Gasteiger partial charge on any atom is -0.416 e. The smallest absolute Gasteiger partial charge is 0.317 e. The first-order valence-corrected chi connectivity index (χ1v) is 28.8. The summed E-state index contributed by atoms with van der Waals surface area (Å²) in [6.45, 7) is 14.0. The Kier molecular flexibility index (Phi) is 7.17. The summed E-state index contributed by atoms with van der Waals surface area (Å²) in [5, 5.41) is 0. The normalized spacial score (nSPS) is 61.2. The van der Waals surface area contributed by atoms with Gasteiger partial charge < -0.3 is 30.7 Å². The first-order valence-electron chi connectivity index (χ1n) is 18.7. The van der Waals surface area contributed by atoms with E-state index >= 15 is 0 Å². The Labute approximate surface area is 270 Å². The zero-order valence-corrected chi connectivity index (χ0v) is 32.2. The fourth-order valence-corrected chi connectivity index (χ4v) is 35.4. The molecule has 5 aliphatic carbocycles. The van der Waals surface area contributed by atoms with Gasteiger partial charge in [0.15, 0.2) is 0 Å². The van der Waals surface area contributed by atoms with Gasteiger partial charge in [0.05, 0.1) is 36.1 Å². The Morgan fingerprint density at radius 2 is 1.25 bits per heavy atom. The van der Waals surface area contributed by atoms with Crippen molar-refractivity contribution in [1.82, 2.24) is 0 Å². The van der Waals surface area contributed by atoms with Gasteiger partial charge >= 0.3 is 34.2 Å². The first kappa shape index (κ1) is 30.6. The summed E-state index contributed by atoms with van der Waals surface area (Å²) >= 11 is 0. The maximum Gasteiger partial charge on any atom is 0.317 e. The molecule has 0 aromatic carbocycles. The van der Waals surface area contributed by atoms with Crippen LogP contribution in [0.2, 0.25) is 50.4 Å². The fraction of sp³-hybridized carbons (Fsp3) is 1.00. The Morgan fingerprint density at radius 3 is 1.77 bits per heavy atom. The van der Waals surface area contributed by atoms with Crippen LogP contribution in [0.1, 0.15) is 78.1 Å². The molecule has 11 heteroatoms. The van der Waals surface area contributed by atoms with Gasteiger partial charge in [-0.1, -0.05) is 6.92 Å². The second-order valence-electron chi connectivity index (χ2n) is 17.8. The van der Waals surface area contributed by atoms with Crippen LogP contribution in [0.4, 0.5) is 0 Å². The van der Waals surface area contributed by atoms with Gasteiger partial charge in [-0.3, -0.25) is 0 Å². The maximum absolute atomic E-state index is 7.57. The van der Waals surface area contributed by atoms with Crippen molar-refractivity contribution in [1.29, 1.82) is 0 Å². The molecule has 0 aromatic heterocycles. The molecule has 5 heterocycles. The summed E-state index contributed by atoms with van der Waals surface area (Å²) < 4.78 is 48.8. The van der Waals surface area contributed by atoms with Crippen LogP contribution in [0.15, 0.2) is 0 Å². The third-order valence-electron chi connectivity index (χ3n) is 14.6. The number of ether oxygens (including phenoxy) is 3. The molecule has 0 aromatic rings. The van der Waals surface area contributed by atoms with Crippen LogP contribution in [-0.4, -0.2) is 70.4 Å². The Morgan fingerprint density at radius 1 is 0.614 bits per heavy atom. The van der Waals surface area contributed by atoms with Crippen molar-refractivity contribution in [2.45, 2.75) is 165 Å². The van der Waals surface area contributed by atoms with Crippen LogP contribution in [0, 0.1) is 41.4 Å². The molecule has 0 radical (unpaired) electrons. The third kappa shape index (κ3) is 5.07. The monoisotopic (exact) mass is 678 g/mol. The number of epoxide rings is 1. The highest BCUT2D eigenvalue weighted by Crippen LogP contribution is 2.65. The quantitative estimate of drug-likeness (QED) is 0.177. The molecule has 10 aliphatic rings. The number of hydrogen-bond acceptors (Lipinski definition) is 7. The lowest BCUT2D eigenvalue weighted by atomic mass is 9.77. The lowest BCUT2D eigenvalue weighted by Gasteiger charge is -2.52. The van der Waals surface area contributed by atoms with Gasteiger partial charge in [-0.2, -0.15) is 0 Å². The predicted octanol–water partition coefficient (Wildman–Crippen LogP) is 7.35. The minimum atomic E-state index is -2.59. The lowest BCUT2D eigenvalue weighted by molar-refractivity contribution is -0.209. The van der Waals surface area contributed by atoms with Crippen molar-refractivity contribution < 1.29 is 30.7 Å². The molecule has 17 atom stereocenters. The van der Waals surface area contributed by atoms with Gasteiger partial charge in [-0.15, -0.1) is 0 Å². The van der Waals surface area contributed by atoms with Gasteiger partial charge in [-0.25, -0.2) is 0 Å². The summed E-state index contributed by atoms with van der Waals surface area (Å²) in [5.74, 6) is 5.24. The van der Waals surface area contributed by atoms with Gasteiger partial charge in [0, 0.05) is 6.42 Å². The van der Waals surface area contributed by atoms with E-state index in [2.05, 4.69) is 40.0 Å². The molecular weight excluding hydrogens is 621 g/mol. The number of fused-ring (bicyclic) bond motifs is 7. The SMILES string of the molecule is CC[Si]1(C)O[Si](C)(CCC2CC3CC2C2OC32)O[Si](C)(CCC2CC3C[C@@H]2OC3C)O[Si](C)(CCC2CC3CC24CC3O4)O1. The lowest BCUT2D eigenvalue weighted by Crippen LogP contribution is -2.67. The van der Waals surface area contributed by atoms with E-state index in [1.807, 2.05) is 0 Å². The molecule has 0 amide bonds. The van der Waals surface area contributed by atoms with Crippen LogP contribution >= 0.6 is 0 Å². The number of rotatable bonds is 10. The zero-order chi connectivity index (χ0) is 30.3. The maximum atomic E-state index is 7.57. The zero-order valence-electron chi connectivity index (χ0n) is 28.2. The van der Waals surface area contributed by atoms with Crippen molar-refractivity contribution in [2.75, 3.05) is 0 Å². The second-order valence-corrected chi connectivity index (χ2v) is 32.4. The van der Waals surface area contributed by atoms with E-state index in [-0.39, 0.29) is 5.60 Å². The molecule has 44 heavy (non-hydrogen) atoms. The van der Waals surface area contributed by atoms with Crippen molar-refractivity contribution in [2.24, 2.45) is 41.4 Å². The van der Waals surface area contributed by atoms with E-state index in [0.29, 0.717) is 42.4 Å². The third-order valence-corrected chi connectivity index (χ3v) is 33.3. The summed E-state index contributed by atoms with van der Waals surface area (Å²) in [6, 6.07) is 4.09. The average molecular weight is 679 g/mol. The Balaban J connectivity index is 0.938. The topological polar surface area (TPSA) is 67.9 Å². The van der Waals surface area contributed by atoms with Crippen molar-refractivity contribution in [3.63, 3.8) is 0 Å². The molecule has 248 valence electrons. The molecule has 1 spiro atoms. The molecule has 16 unspecified atom stereocenters. The van der Waals surface area contributed by atoms with Crippen LogP contribution in [-0.2, 0) is 30.7 Å². The van der Waals surface area contributed by atoms with Crippen LogP contribution in [0.3, 0.4) is 0 Å². The molecule has 10 rings (SSSR count). The molecule has 7 bridgehead atoms. The van der Waals surface area contributed by atoms with Crippen LogP contribution < -0.4 is 0 Å². The summed E-state index contributed by atoms with van der Waals surface area (Å²) in [6.07, 6.45) is 15.4. The van der Waals surface area contributed by atoms with Crippen molar-refractivity contribution in [3.8, 4) is 0 Å². The number of hydrogen-bond donors (Lipinski definition) is 0. The molecular formula is C33H58O7Si4. The van der Waals surface area contributed by atoms with Gasteiger partial charge in [0.1, 0.15) is 0 Å². The van der Waals surface area contributed by atoms with Crippen LogP contribution in [0.25, 0.3) is 0 Å². The van der Waals surface area contributed by atoms with Crippen molar-refractivity contribution in [3.05, 3.63) is 0 Å². The van der Waals surface area contributed by atoms with E-state index in [9.17, 15) is 0 Å². The van der Waals surface area contributed by atoms with E-state index in [0.717, 1.165) is 60.2 Å². The highest BCUT2D eigenvalue weighted by Gasteiger charge is 2.67. The molecule has 0 N–H and O–H groups in total. The van der Waals surface area contributed by atoms with Gasteiger partial charge in [-0.05, 0) is 157 Å². The summed E-state index contributed by atoms with van der Waals surface area (Å²) in [4.78, 5) is 0. The Hall–Kier alpha value is 0.588. The molecule has 10 fully saturated rings. The average Bonchev–Trinajstić information content (AvgIpc) is 3.57. The summed E-state index contributed by atoms with van der Waals surface area (Å²) in [5.41, 5.74) is 0.191. The standard InChI is InChI=1S/C33H58O7Si4/c1-7-41(3)37-42(4,11-8-22-14-25-17-28(22)32-31(25)35-32)39-43(5,12-9-23-15-24-18-29(23)34-21(24)2)40-44(6,38-41)13-10-27-16-26-19-33(27)20-30(26)36-33/h21-32H,7-20H2,1-6H3/t21?,22?,23?,24?,25?,26?,27?,28?,29-,30?,31?,32?,33?,41?,42?,43?,44?/m0/s1. The van der Waals surface area contributed by atoms with E-state index in [1.165, 1.54) is 57.8 Å². The molecule has 7 nitrogen and oxygen atoms in total.